The van der Waals surface area contributed by atoms with Crippen LogP contribution >= 0.6 is 11.8 Å². The first-order valence-electron chi connectivity index (χ1n) is 8.47. The molecule has 2 rings (SSSR count). The Balaban J connectivity index is 1.86. The minimum Gasteiger partial charge on any atom is -0.494 e. The molecule has 1 aromatic rings. The van der Waals surface area contributed by atoms with Crippen molar-refractivity contribution < 1.29 is 14.3 Å². The summed E-state index contributed by atoms with van der Waals surface area (Å²) in [6, 6.07) is 8.08. The Labute approximate surface area is 143 Å². The predicted octanol–water partition coefficient (Wildman–Crippen LogP) is 3.87. The van der Waals surface area contributed by atoms with E-state index >= 15 is 0 Å². The van der Waals surface area contributed by atoms with Gasteiger partial charge in [0, 0.05) is 19.8 Å². The topological polar surface area (TPSA) is 38.8 Å². The van der Waals surface area contributed by atoms with Crippen LogP contribution < -0.4 is 4.74 Å². The Morgan fingerprint density at radius 3 is 2.61 bits per heavy atom. The average Bonchev–Trinajstić information content (AvgIpc) is 2.93. The molecule has 1 aromatic carbocycles. The van der Waals surface area contributed by atoms with Gasteiger partial charge in [0.15, 0.2) is 0 Å². The number of unbranched alkanes of at least 4 members (excludes halogenated alkanes) is 1. The van der Waals surface area contributed by atoms with Gasteiger partial charge in [-0.1, -0.05) is 25.5 Å². The van der Waals surface area contributed by atoms with E-state index < -0.39 is 0 Å². The van der Waals surface area contributed by atoms with Crippen molar-refractivity contribution in [2.45, 2.75) is 38.5 Å². The number of benzene rings is 1. The van der Waals surface area contributed by atoms with Crippen molar-refractivity contribution in [2.75, 3.05) is 32.1 Å². The maximum absolute atomic E-state index is 12.1. The van der Waals surface area contributed by atoms with Gasteiger partial charge in [0.2, 0.25) is 5.91 Å². The first-order valence-corrected chi connectivity index (χ1v) is 9.52. The van der Waals surface area contributed by atoms with Crippen molar-refractivity contribution in [3.05, 3.63) is 29.8 Å². The molecule has 0 aliphatic carbocycles. The normalized spacial score (nSPS) is 17.7. The molecule has 23 heavy (non-hydrogen) atoms. The minimum atomic E-state index is 0.119. The van der Waals surface area contributed by atoms with Crippen molar-refractivity contribution in [2.24, 2.45) is 0 Å². The van der Waals surface area contributed by atoms with Crippen molar-refractivity contribution in [1.29, 1.82) is 0 Å². The van der Waals surface area contributed by atoms with Gasteiger partial charge < -0.3 is 14.4 Å². The number of rotatable bonds is 10. The van der Waals surface area contributed by atoms with Gasteiger partial charge in [-0.2, -0.15) is 0 Å². The molecule has 1 heterocycles. The summed E-state index contributed by atoms with van der Waals surface area (Å²) in [5.74, 6) is 1.66. The summed E-state index contributed by atoms with van der Waals surface area (Å²) >= 11 is 1.70. The van der Waals surface area contributed by atoms with Gasteiger partial charge in [0.05, 0.1) is 12.4 Å². The van der Waals surface area contributed by atoms with Crippen molar-refractivity contribution in [3.63, 3.8) is 0 Å². The molecule has 0 bridgehead atoms. The molecule has 128 valence electrons. The molecule has 1 unspecified atom stereocenters. The van der Waals surface area contributed by atoms with Gasteiger partial charge >= 0.3 is 0 Å². The number of hydrogen-bond donors (Lipinski definition) is 0. The van der Waals surface area contributed by atoms with E-state index in [0.717, 1.165) is 50.3 Å². The largest absolute Gasteiger partial charge is 0.494 e. The number of thioether (sulfide) groups is 1. The van der Waals surface area contributed by atoms with Gasteiger partial charge in [-0.3, -0.25) is 4.79 Å². The number of carbonyl (C=O) groups excluding carboxylic acids is 1. The van der Waals surface area contributed by atoms with Gasteiger partial charge in [0.1, 0.15) is 11.1 Å². The number of nitrogens with zero attached hydrogens (tertiary/aromatic N) is 1. The Hall–Kier alpha value is -1.20. The second-order valence-corrected chi connectivity index (χ2v) is 6.64. The first kappa shape index (κ1) is 18.1. The van der Waals surface area contributed by atoms with Crippen LogP contribution in [0.4, 0.5) is 0 Å². The fourth-order valence-corrected chi connectivity index (χ4v) is 3.77. The SMILES string of the molecule is CCCCOCCCN1C(=O)CSC1c1ccc(OCC)cc1. The third-order valence-corrected chi connectivity index (χ3v) is 5.03. The molecule has 4 nitrogen and oxygen atoms in total. The van der Waals surface area contributed by atoms with E-state index in [4.69, 9.17) is 9.47 Å². The van der Waals surface area contributed by atoms with Crippen LogP contribution in [0, 0.1) is 0 Å². The summed E-state index contributed by atoms with van der Waals surface area (Å²) in [6.07, 6.45) is 3.15. The van der Waals surface area contributed by atoms with Crippen LogP contribution in [-0.2, 0) is 9.53 Å². The summed E-state index contributed by atoms with van der Waals surface area (Å²) in [5, 5.41) is 0.119. The van der Waals surface area contributed by atoms with E-state index in [9.17, 15) is 4.79 Å². The Morgan fingerprint density at radius 1 is 1.17 bits per heavy atom. The lowest BCUT2D eigenvalue weighted by atomic mass is 10.2. The number of hydrogen-bond acceptors (Lipinski definition) is 4. The fourth-order valence-electron chi connectivity index (χ4n) is 2.55. The second-order valence-electron chi connectivity index (χ2n) is 5.57. The van der Waals surface area contributed by atoms with Gasteiger partial charge in [-0.15, -0.1) is 11.8 Å². The van der Waals surface area contributed by atoms with E-state index in [2.05, 4.69) is 19.1 Å². The Morgan fingerprint density at radius 2 is 1.91 bits per heavy atom. The van der Waals surface area contributed by atoms with Crippen LogP contribution in [0.5, 0.6) is 5.75 Å². The molecule has 5 heteroatoms. The quantitative estimate of drug-likeness (QED) is 0.608. The van der Waals surface area contributed by atoms with Crippen LogP contribution in [0.15, 0.2) is 24.3 Å². The smallest absolute Gasteiger partial charge is 0.233 e. The highest BCUT2D eigenvalue weighted by Crippen LogP contribution is 2.39. The van der Waals surface area contributed by atoms with Crippen LogP contribution in [0.1, 0.15) is 44.0 Å². The molecule has 1 aliphatic rings. The van der Waals surface area contributed by atoms with Crippen molar-refractivity contribution in [3.8, 4) is 5.75 Å². The van der Waals surface area contributed by atoms with E-state index in [1.165, 1.54) is 0 Å². The predicted molar refractivity (Wildman–Crippen MR) is 94.9 cm³/mol. The van der Waals surface area contributed by atoms with Gasteiger partial charge in [-0.25, -0.2) is 0 Å². The number of carbonyl (C=O) groups is 1. The summed E-state index contributed by atoms with van der Waals surface area (Å²) in [4.78, 5) is 14.1. The summed E-state index contributed by atoms with van der Waals surface area (Å²) < 4.78 is 11.1. The molecule has 0 spiro atoms. The Kier molecular flexibility index (Phi) is 7.76. The van der Waals surface area contributed by atoms with E-state index in [-0.39, 0.29) is 11.3 Å². The Bertz CT molecular complexity index is 478. The molecular weight excluding hydrogens is 310 g/mol. The second kappa shape index (κ2) is 9.83. The van der Waals surface area contributed by atoms with Crippen molar-refractivity contribution >= 4 is 17.7 Å². The summed E-state index contributed by atoms with van der Waals surface area (Å²) in [6.45, 7) is 7.11. The zero-order valence-corrected chi connectivity index (χ0v) is 14.9. The molecule has 1 aliphatic heterocycles. The third kappa shape index (κ3) is 5.43. The summed E-state index contributed by atoms with van der Waals surface area (Å²) in [7, 11) is 0. The molecule has 0 aromatic heterocycles. The maximum Gasteiger partial charge on any atom is 0.233 e. The monoisotopic (exact) mass is 337 g/mol. The van der Waals surface area contributed by atoms with E-state index in [1.807, 2.05) is 24.0 Å². The lowest BCUT2D eigenvalue weighted by Gasteiger charge is -2.24. The average molecular weight is 337 g/mol. The molecule has 0 saturated carbocycles. The van der Waals surface area contributed by atoms with E-state index in [1.54, 1.807) is 11.8 Å². The van der Waals surface area contributed by atoms with E-state index in [0.29, 0.717) is 12.4 Å². The molecule has 0 N–H and O–H groups in total. The molecule has 1 saturated heterocycles. The maximum atomic E-state index is 12.1. The van der Waals surface area contributed by atoms with Gasteiger partial charge in [-0.05, 0) is 37.5 Å². The molecule has 1 amide bonds. The van der Waals surface area contributed by atoms with Crippen LogP contribution in [0.25, 0.3) is 0 Å². The lowest BCUT2D eigenvalue weighted by Crippen LogP contribution is -2.29. The van der Waals surface area contributed by atoms with Gasteiger partial charge in [0.25, 0.3) is 0 Å². The number of ether oxygens (including phenoxy) is 2. The highest BCUT2D eigenvalue weighted by atomic mass is 32.2. The van der Waals surface area contributed by atoms with Crippen molar-refractivity contribution in [1.82, 2.24) is 4.90 Å². The summed E-state index contributed by atoms with van der Waals surface area (Å²) in [5.41, 5.74) is 1.16. The highest BCUT2D eigenvalue weighted by molar-refractivity contribution is 8.00. The fraction of sp³-hybridized carbons (Fsp3) is 0.611. The molecule has 1 atom stereocenters. The first-order chi connectivity index (χ1) is 11.3. The lowest BCUT2D eigenvalue weighted by molar-refractivity contribution is -0.128. The zero-order valence-electron chi connectivity index (χ0n) is 14.1. The standard InChI is InChI=1S/C18H27NO3S/c1-3-5-12-21-13-6-11-19-17(20)14-23-18(19)15-7-9-16(10-8-15)22-4-2/h7-10,18H,3-6,11-14H2,1-2H3. The number of amides is 1. The third-order valence-electron chi connectivity index (χ3n) is 3.77. The zero-order chi connectivity index (χ0) is 16.5. The van der Waals surface area contributed by atoms with Crippen LogP contribution in [0.2, 0.25) is 0 Å². The molecule has 1 fully saturated rings. The molecular formula is C18H27NO3S. The minimum absolute atomic E-state index is 0.119. The molecule has 0 radical (unpaired) electrons. The van der Waals surface area contributed by atoms with Crippen LogP contribution in [0.3, 0.4) is 0 Å². The highest BCUT2D eigenvalue weighted by Gasteiger charge is 2.32. The van der Waals surface area contributed by atoms with Crippen LogP contribution in [-0.4, -0.2) is 42.9 Å².